The molecule has 0 radical (unpaired) electrons. The third kappa shape index (κ3) is 9.77. The van der Waals surface area contributed by atoms with E-state index in [9.17, 15) is 19.9 Å². The van der Waals surface area contributed by atoms with E-state index >= 15 is 0 Å². The number of fused-ring (bicyclic) bond motifs is 3. The second kappa shape index (κ2) is 18.4. The molecule has 0 aliphatic carbocycles. The van der Waals surface area contributed by atoms with Crippen LogP contribution in [0.1, 0.15) is 46.0 Å². The van der Waals surface area contributed by atoms with E-state index in [-0.39, 0.29) is 51.9 Å². The van der Waals surface area contributed by atoms with Gasteiger partial charge in [0.15, 0.2) is 23.9 Å². The number of halogens is 3. The number of phenols is 1. The van der Waals surface area contributed by atoms with Crippen molar-refractivity contribution in [1.82, 2.24) is 4.90 Å². The van der Waals surface area contributed by atoms with Crippen molar-refractivity contribution in [2.75, 3.05) is 38.8 Å². The first-order chi connectivity index (χ1) is 25.9. The average Bonchev–Trinajstić information content (AvgIpc) is 3.16. The van der Waals surface area contributed by atoms with Crippen LogP contribution in [0, 0.1) is 11.1 Å². The first-order valence-corrected chi connectivity index (χ1v) is 17.9. The Kier molecular flexibility index (Phi) is 13.7. The minimum absolute atomic E-state index is 0.0530. The summed E-state index contributed by atoms with van der Waals surface area (Å²) in [6, 6.07) is 16.1. The number of carbonyl (C=O) groups is 3. The summed E-state index contributed by atoms with van der Waals surface area (Å²) in [4.78, 5) is 39.4. The van der Waals surface area contributed by atoms with Crippen molar-refractivity contribution in [1.29, 1.82) is 0 Å². The fourth-order valence-corrected chi connectivity index (χ4v) is 7.33. The summed E-state index contributed by atoms with van der Waals surface area (Å²) in [5.41, 5.74) is 2.20. The summed E-state index contributed by atoms with van der Waals surface area (Å²) in [6.45, 7) is 2.48. The summed E-state index contributed by atoms with van der Waals surface area (Å²) in [7, 11) is 3.01. The molecule has 0 saturated carbocycles. The fourth-order valence-electron chi connectivity index (χ4n) is 6.51. The smallest absolute Gasteiger partial charge is 0.414 e. The summed E-state index contributed by atoms with van der Waals surface area (Å²) >= 11 is 19.3. The van der Waals surface area contributed by atoms with Crippen LogP contribution in [0.2, 0.25) is 15.1 Å². The van der Waals surface area contributed by atoms with Crippen LogP contribution in [0.15, 0.2) is 73.1 Å². The molecule has 286 valence electrons. The fraction of sp³-hybridized carbons (Fsp3) is 0.316. The van der Waals surface area contributed by atoms with E-state index in [1.54, 1.807) is 42.5 Å². The number of piperidine rings is 3. The number of ether oxygens (including phenoxy) is 4. The van der Waals surface area contributed by atoms with E-state index < -0.39 is 18.2 Å². The van der Waals surface area contributed by atoms with Gasteiger partial charge in [0.2, 0.25) is 0 Å². The SMILES string of the molecule is COc1ccc(C(Cc2c(Cl)c[n+]([O-])cc2Cl)OC(=O)c2ccc(CN(C(=O)O[C@H]3CN4CCC3CC4)c3cc(O)ccc3Cl)cc2)cc1OC.O=CO. The number of aromatic hydroxyl groups is 1. The highest BCUT2D eigenvalue weighted by atomic mass is 35.5. The number of hydrogen-bond donors (Lipinski definition) is 2. The van der Waals surface area contributed by atoms with Gasteiger partial charge < -0.3 is 34.4 Å². The van der Waals surface area contributed by atoms with E-state index in [2.05, 4.69) is 4.90 Å². The van der Waals surface area contributed by atoms with E-state index in [0.717, 1.165) is 25.9 Å². The van der Waals surface area contributed by atoms with Gasteiger partial charge in [-0.25, -0.2) is 9.59 Å². The number of methoxy groups -OCH3 is 2. The number of amides is 1. The van der Waals surface area contributed by atoms with Crippen LogP contribution in [-0.2, 0) is 27.2 Å². The lowest BCUT2D eigenvalue weighted by molar-refractivity contribution is -0.605. The zero-order chi connectivity index (χ0) is 38.9. The molecule has 7 rings (SSSR count). The molecule has 16 heteroatoms. The molecule has 3 aliphatic heterocycles. The molecule has 4 aromatic rings. The standard InChI is InChI=1S/C37H36Cl3N3O8.CH2O2/c1-48-32-10-7-25(15-34(32)49-2)33(17-27-29(39)19-42(47)20-30(27)40)50-36(45)24-5-3-22(4-6-24)18-43(31-16-26(44)8-9-28(31)38)37(46)51-35-21-41-13-11-23(35)12-14-41;2-1-3/h3-10,15-16,19-20,23,33,35,44H,11-14,17-18,21H2,1-2H3;1H,(H,2,3)/t33?,35-;/m0./s1. The molecule has 2 atom stereocenters. The Morgan fingerprint density at radius 2 is 1.61 bits per heavy atom. The molecule has 3 saturated heterocycles. The largest absolute Gasteiger partial charge is 0.619 e. The third-order valence-electron chi connectivity index (χ3n) is 9.30. The summed E-state index contributed by atoms with van der Waals surface area (Å²) < 4.78 is 23.4. The second-order valence-electron chi connectivity index (χ2n) is 12.6. The quantitative estimate of drug-likeness (QED) is 0.0690. The molecule has 54 heavy (non-hydrogen) atoms. The molecule has 1 unspecified atom stereocenters. The van der Waals surface area contributed by atoms with Gasteiger partial charge in [-0.2, -0.15) is 4.73 Å². The van der Waals surface area contributed by atoms with Crippen LogP contribution in [0.5, 0.6) is 17.2 Å². The summed E-state index contributed by atoms with van der Waals surface area (Å²) in [5, 5.41) is 29.5. The number of rotatable bonds is 11. The third-order valence-corrected chi connectivity index (χ3v) is 10.3. The van der Waals surface area contributed by atoms with Crippen molar-refractivity contribution in [2.24, 2.45) is 5.92 Å². The monoisotopic (exact) mass is 801 g/mol. The van der Waals surface area contributed by atoms with Crippen LogP contribution in [0.4, 0.5) is 10.5 Å². The Morgan fingerprint density at radius 3 is 2.20 bits per heavy atom. The number of carboxylic acid groups (broad SMARTS) is 1. The summed E-state index contributed by atoms with van der Waals surface area (Å²) in [5.74, 6) is 0.510. The Labute approximate surface area is 326 Å². The van der Waals surface area contributed by atoms with Gasteiger partial charge in [-0.15, -0.1) is 0 Å². The number of carbonyl (C=O) groups excluding carboxylic acids is 2. The molecule has 3 fully saturated rings. The Bertz CT molecular complexity index is 1930. The maximum atomic E-state index is 13.7. The van der Waals surface area contributed by atoms with Crippen LogP contribution >= 0.6 is 34.8 Å². The first kappa shape index (κ1) is 40.2. The lowest BCUT2D eigenvalue weighted by Crippen LogP contribution is -2.53. The van der Waals surface area contributed by atoms with Gasteiger partial charge in [0, 0.05) is 24.6 Å². The van der Waals surface area contributed by atoms with E-state index in [0.29, 0.717) is 51.1 Å². The molecule has 2 N–H and O–H groups in total. The van der Waals surface area contributed by atoms with Gasteiger partial charge in [0.1, 0.15) is 28.0 Å². The lowest BCUT2D eigenvalue weighted by atomic mass is 9.86. The van der Waals surface area contributed by atoms with Crippen molar-refractivity contribution in [2.45, 2.75) is 38.0 Å². The molecule has 3 aliphatic rings. The zero-order valence-electron chi connectivity index (χ0n) is 29.3. The van der Waals surface area contributed by atoms with E-state index in [1.807, 2.05) is 0 Å². The molecule has 4 heterocycles. The van der Waals surface area contributed by atoms with Crippen LogP contribution in [-0.4, -0.2) is 73.6 Å². The Morgan fingerprint density at radius 1 is 0.963 bits per heavy atom. The van der Waals surface area contributed by atoms with Crippen LogP contribution in [0.25, 0.3) is 0 Å². The van der Waals surface area contributed by atoms with Crippen molar-refractivity contribution in [3.05, 3.63) is 116 Å². The number of aromatic nitrogens is 1. The number of hydrogen-bond acceptors (Lipinski definition) is 10. The highest BCUT2D eigenvalue weighted by molar-refractivity contribution is 6.35. The molecular formula is C38H38Cl3N3O10. The topological polar surface area (TPSA) is 162 Å². The van der Waals surface area contributed by atoms with Gasteiger partial charge >= 0.3 is 12.1 Å². The van der Waals surface area contributed by atoms with Gasteiger partial charge in [-0.1, -0.05) is 53.0 Å². The Hall–Kier alpha value is -4.95. The maximum Gasteiger partial charge on any atom is 0.414 e. The lowest BCUT2D eigenvalue weighted by Gasteiger charge is -2.44. The predicted octanol–water partition coefficient (Wildman–Crippen LogP) is 7.08. The number of nitrogens with zero attached hydrogens (tertiary/aromatic N) is 3. The van der Waals surface area contributed by atoms with Gasteiger partial charge in [-0.05, 0) is 79.4 Å². The van der Waals surface area contributed by atoms with Gasteiger partial charge in [0.05, 0.1) is 37.0 Å². The molecule has 1 aromatic heterocycles. The van der Waals surface area contributed by atoms with Crippen LogP contribution in [0.3, 0.4) is 0 Å². The summed E-state index contributed by atoms with van der Waals surface area (Å²) in [6.07, 6.45) is 2.64. The first-order valence-electron chi connectivity index (χ1n) is 16.8. The molecule has 1 amide bonds. The number of benzene rings is 3. The van der Waals surface area contributed by atoms with Crippen molar-refractivity contribution in [3.8, 4) is 17.2 Å². The van der Waals surface area contributed by atoms with Gasteiger partial charge in [-0.3, -0.25) is 14.6 Å². The molecule has 0 spiro atoms. The van der Waals surface area contributed by atoms with Crippen molar-refractivity contribution >= 4 is 59.0 Å². The molecule has 2 bridgehead atoms. The normalized spacial score (nSPS) is 17.7. The predicted molar refractivity (Wildman–Crippen MR) is 201 cm³/mol. The van der Waals surface area contributed by atoms with Gasteiger partial charge in [0.25, 0.3) is 6.47 Å². The number of esters is 1. The average molecular weight is 803 g/mol. The molecular weight excluding hydrogens is 765 g/mol. The highest BCUT2D eigenvalue weighted by Gasteiger charge is 2.38. The number of anilines is 1. The second-order valence-corrected chi connectivity index (χ2v) is 13.8. The van der Waals surface area contributed by atoms with Crippen molar-refractivity contribution < 1.29 is 48.3 Å². The Balaban J connectivity index is 0.00000181. The zero-order valence-corrected chi connectivity index (χ0v) is 31.6. The molecule has 13 nitrogen and oxygen atoms in total. The number of phenolic OH excluding ortho intramolecular Hbond substituents is 1. The van der Waals surface area contributed by atoms with Crippen LogP contribution < -0.4 is 19.1 Å². The maximum absolute atomic E-state index is 13.7. The molecule has 3 aromatic carbocycles. The minimum atomic E-state index is -0.890. The highest BCUT2D eigenvalue weighted by Crippen LogP contribution is 2.37. The minimum Gasteiger partial charge on any atom is -0.619 e. The number of pyridine rings is 1. The van der Waals surface area contributed by atoms with E-state index in [4.69, 9.17) is 63.7 Å². The van der Waals surface area contributed by atoms with Crippen molar-refractivity contribution in [3.63, 3.8) is 0 Å². The van der Waals surface area contributed by atoms with E-state index in [1.165, 1.54) is 49.7 Å².